The summed E-state index contributed by atoms with van der Waals surface area (Å²) in [6.07, 6.45) is 0. The molecule has 0 amide bonds. The Kier molecular flexibility index (Phi) is 4.93. The average molecular weight is 304 g/mol. The molecule has 0 fully saturated rings. The van der Waals surface area contributed by atoms with Crippen LogP contribution < -0.4 is 11.1 Å². The van der Waals surface area contributed by atoms with Gasteiger partial charge in [-0.25, -0.2) is 9.97 Å². The lowest BCUT2D eigenvalue weighted by molar-refractivity contribution is 0.128. The van der Waals surface area contributed by atoms with E-state index in [4.69, 9.17) is 27.3 Å². The standard InChI is InChI=1S/C14H14ClN5O/c1-2-21-8-14-19-12(17)6-13(20-14)18-11-4-3-9(7-16)5-10(11)15/h3-6H,2,8H2,1H3,(H3,17,18,19,20). The highest BCUT2D eigenvalue weighted by atomic mass is 35.5. The Labute approximate surface area is 127 Å². The minimum absolute atomic E-state index is 0.289. The van der Waals surface area contributed by atoms with Crippen LogP contribution in [0.25, 0.3) is 0 Å². The second-order valence-corrected chi connectivity index (χ2v) is 4.57. The van der Waals surface area contributed by atoms with E-state index in [1.807, 2.05) is 13.0 Å². The molecule has 0 aliphatic carbocycles. The van der Waals surface area contributed by atoms with E-state index in [1.165, 1.54) is 0 Å². The van der Waals surface area contributed by atoms with E-state index in [0.717, 1.165) is 0 Å². The Morgan fingerprint density at radius 1 is 1.38 bits per heavy atom. The molecule has 2 rings (SSSR count). The number of anilines is 3. The second-order valence-electron chi connectivity index (χ2n) is 4.16. The van der Waals surface area contributed by atoms with Crippen molar-refractivity contribution >= 4 is 28.9 Å². The van der Waals surface area contributed by atoms with Gasteiger partial charge in [0.15, 0.2) is 5.82 Å². The Bertz CT molecular complexity index is 684. The molecule has 7 heteroatoms. The molecule has 6 nitrogen and oxygen atoms in total. The summed E-state index contributed by atoms with van der Waals surface area (Å²) in [5, 5.41) is 12.3. The third-order valence-electron chi connectivity index (χ3n) is 2.59. The predicted octanol–water partition coefficient (Wildman–Crippen LogP) is 2.86. The molecule has 0 radical (unpaired) electrons. The summed E-state index contributed by atoms with van der Waals surface area (Å²) in [5.74, 6) is 1.35. The van der Waals surface area contributed by atoms with Gasteiger partial charge in [-0.3, -0.25) is 0 Å². The summed E-state index contributed by atoms with van der Waals surface area (Å²) in [6, 6.07) is 8.58. The molecule has 0 aliphatic rings. The lowest BCUT2D eigenvalue weighted by Crippen LogP contribution is -2.05. The molecule has 0 aliphatic heterocycles. The fourth-order valence-corrected chi connectivity index (χ4v) is 1.89. The van der Waals surface area contributed by atoms with Gasteiger partial charge in [0.2, 0.25) is 0 Å². The van der Waals surface area contributed by atoms with E-state index in [-0.39, 0.29) is 6.61 Å². The molecule has 1 aromatic heterocycles. The highest BCUT2D eigenvalue weighted by molar-refractivity contribution is 6.33. The van der Waals surface area contributed by atoms with Crippen LogP contribution in [0.3, 0.4) is 0 Å². The van der Waals surface area contributed by atoms with E-state index in [0.29, 0.717) is 40.3 Å². The molecular formula is C14H14ClN5O. The number of halogens is 1. The summed E-state index contributed by atoms with van der Waals surface area (Å²) in [4.78, 5) is 8.39. The van der Waals surface area contributed by atoms with Gasteiger partial charge in [-0.15, -0.1) is 0 Å². The molecule has 0 saturated carbocycles. The summed E-state index contributed by atoms with van der Waals surface area (Å²) in [7, 11) is 0. The molecule has 2 aromatic rings. The number of hydrogen-bond donors (Lipinski definition) is 2. The number of benzene rings is 1. The van der Waals surface area contributed by atoms with Crippen LogP contribution in [-0.4, -0.2) is 16.6 Å². The lowest BCUT2D eigenvalue weighted by atomic mass is 10.2. The SMILES string of the molecule is CCOCc1nc(N)cc(Nc2ccc(C#N)cc2Cl)n1. The van der Waals surface area contributed by atoms with Gasteiger partial charge in [-0.05, 0) is 25.1 Å². The first-order valence-electron chi connectivity index (χ1n) is 6.30. The smallest absolute Gasteiger partial charge is 0.158 e. The first kappa shape index (κ1) is 15.0. The monoisotopic (exact) mass is 303 g/mol. The van der Waals surface area contributed by atoms with Crippen molar-refractivity contribution in [2.24, 2.45) is 0 Å². The fraction of sp³-hybridized carbons (Fsp3) is 0.214. The molecular weight excluding hydrogens is 290 g/mol. The quantitative estimate of drug-likeness (QED) is 0.881. The van der Waals surface area contributed by atoms with Gasteiger partial charge in [0.25, 0.3) is 0 Å². The number of hydrogen-bond acceptors (Lipinski definition) is 6. The molecule has 0 atom stereocenters. The summed E-state index contributed by atoms with van der Waals surface area (Å²) < 4.78 is 5.26. The number of nitrogens with zero attached hydrogens (tertiary/aromatic N) is 3. The molecule has 108 valence electrons. The first-order valence-corrected chi connectivity index (χ1v) is 6.68. The van der Waals surface area contributed by atoms with E-state index in [2.05, 4.69) is 15.3 Å². The molecule has 21 heavy (non-hydrogen) atoms. The predicted molar refractivity (Wildman–Crippen MR) is 81.2 cm³/mol. The Hall–Kier alpha value is -2.36. The van der Waals surface area contributed by atoms with Gasteiger partial charge in [-0.1, -0.05) is 11.6 Å². The molecule has 0 unspecified atom stereocenters. The van der Waals surface area contributed by atoms with Crippen molar-refractivity contribution < 1.29 is 4.74 Å². The third-order valence-corrected chi connectivity index (χ3v) is 2.90. The zero-order valence-electron chi connectivity index (χ0n) is 11.4. The topological polar surface area (TPSA) is 96.9 Å². The normalized spacial score (nSPS) is 10.1. The maximum atomic E-state index is 8.82. The minimum atomic E-state index is 0.289. The van der Waals surface area contributed by atoms with Crippen LogP contribution in [0.2, 0.25) is 5.02 Å². The van der Waals surface area contributed by atoms with Crippen molar-refractivity contribution in [1.29, 1.82) is 5.26 Å². The first-order chi connectivity index (χ1) is 10.1. The van der Waals surface area contributed by atoms with E-state index >= 15 is 0 Å². The van der Waals surface area contributed by atoms with Crippen LogP contribution in [0.1, 0.15) is 18.3 Å². The molecule has 1 heterocycles. The van der Waals surface area contributed by atoms with Crippen molar-refractivity contribution in [3.05, 3.63) is 40.7 Å². The minimum Gasteiger partial charge on any atom is -0.384 e. The highest BCUT2D eigenvalue weighted by Crippen LogP contribution is 2.26. The van der Waals surface area contributed by atoms with Crippen LogP contribution >= 0.6 is 11.6 Å². The van der Waals surface area contributed by atoms with Crippen molar-refractivity contribution in [3.8, 4) is 6.07 Å². The van der Waals surface area contributed by atoms with Crippen molar-refractivity contribution in [1.82, 2.24) is 9.97 Å². The molecule has 1 aromatic carbocycles. The zero-order chi connectivity index (χ0) is 15.2. The lowest BCUT2D eigenvalue weighted by Gasteiger charge is -2.10. The molecule has 0 bridgehead atoms. The van der Waals surface area contributed by atoms with E-state index < -0.39 is 0 Å². The van der Waals surface area contributed by atoms with Gasteiger partial charge in [0.1, 0.15) is 18.2 Å². The number of nitrogen functional groups attached to an aromatic ring is 1. The van der Waals surface area contributed by atoms with Crippen LogP contribution in [0.5, 0.6) is 0 Å². The average Bonchev–Trinajstić information content (AvgIpc) is 2.46. The second kappa shape index (κ2) is 6.88. The Morgan fingerprint density at radius 3 is 2.86 bits per heavy atom. The number of aromatic nitrogens is 2. The maximum Gasteiger partial charge on any atom is 0.158 e. The number of nitrogens with one attached hydrogen (secondary N) is 1. The number of nitrogens with two attached hydrogens (primary N) is 1. The van der Waals surface area contributed by atoms with E-state index in [1.54, 1.807) is 24.3 Å². The molecule has 0 saturated heterocycles. The van der Waals surface area contributed by atoms with Gasteiger partial charge < -0.3 is 15.8 Å². The number of nitriles is 1. The van der Waals surface area contributed by atoms with Gasteiger partial charge in [0.05, 0.1) is 22.3 Å². The van der Waals surface area contributed by atoms with Crippen LogP contribution in [-0.2, 0) is 11.3 Å². The molecule has 0 spiro atoms. The number of rotatable bonds is 5. The summed E-state index contributed by atoms with van der Waals surface area (Å²) >= 11 is 6.11. The van der Waals surface area contributed by atoms with Crippen molar-refractivity contribution in [2.75, 3.05) is 17.7 Å². The Morgan fingerprint density at radius 2 is 2.19 bits per heavy atom. The van der Waals surface area contributed by atoms with Crippen molar-refractivity contribution in [2.45, 2.75) is 13.5 Å². The van der Waals surface area contributed by atoms with Gasteiger partial charge >= 0.3 is 0 Å². The maximum absolute atomic E-state index is 8.82. The van der Waals surface area contributed by atoms with Crippen LogP contribution in [0.15, 0.2) is 24.3 Å². The zero-order valence-corrected chi connectivity index (χ0v) is 12.2. The van der Waals surface area contributed by atoms with E-state index in [9.17, 15) is 0 Å². The summed E-state index contributed by atoms with van der Waals surface area (Å²) in [6.45, 7) is 2.75. The largest absolute Gasteiger partial charge is 0.384 e. The fourth-order valence-electron chi connectivity index (χ4n) is 1.66. The van der Waals surface area contributed by atoms with Crippen LogP contribution in [0, 0.1) is 11.3 Å². The van der Waals surface area contributed by atoms with Gasteiger partial charge in [-0.2, -0.15) is 5.26 Å². The van der Waals surface area contributed by atoms with Gasteiger partial charge in [0, 0.05) is 12.7 Å². The Balaban J connectivity index is 2.23. The summed E-state index contributed by atoms with van der Waals surface area (Å²) in [5.41, 5.74) is 6.87. The highest BCUT2D eigenvalue weighted by Gasteiger charge is 2.06. The van der Waals surface area contributed by atoms with Crippen LogP contribution in [0.4, 0.5) is 17.3 Å². The number of ether oxygens (including phenoxy) is 1. The third kappa shape index (κ3) is 4.05. The van der Waals surface area contributed by atoms with Crippen molar-refractivity contribution in [3.63, 3.8) is 0 Å². The molecule has 3 N–H and O–H groups in total.